The van der Waals surface area contributed by atoms with Gasteiger partial charge in [0.25, 0.3) is 5.82 Å². The molecule has 11 heavy (non-hydrogen) atoms. The van der Waals surface area contributed by atoms with E-state index in [0.29, 0.717) is 0 Å². The molecular weight excluding hydrogens is 148 g/mol. The Bertz CT molecular complexity index is 196. The van der Waals surface area contributed by atoms with Gasteiger partial charge in [0.1, 0.15) is 6.33 Å². The fourth-order valence-electron chi connectivity index (χ4n) is 0.312. The Morgan fingerprint density at radius 1 is 1.73 bits per heavy atom. The molecule has 0 spiro atoms. The second-order valence-electron chi connectivity index (χ2n) is 1.63. The molecule has 0 aromatic carbocycles. The van der Waals surface area contributed by atoms with Crippen LogP contribution in [0.1, 0.15) is 10.6 Å². The van der Waals surface area contributed by atoms with Gasteiger partial charge in [-0.25, -0.2) is 9.78 Å². The van der Waals surface area contributed by atoms with Crippen molar-refractivity contribution in [2.24, 2.45) is 0 Å². The summed E-state index contributed by atoms with van der Waals surface area (Å²) in [4.78, 5) is 13.3. The van der Waals surface area contributed by atoms with Crippen LogP contribution in [-0.4, -0.2) is 40.4 Å². The molecule has 0 aliphatic heterocycles. The highest BCUT2D eigenvalue weighted by molar-refractivity contribution is 5.82. The molecule has 0 saturated carbocycles. The topological polar surface area (TPSA) is 90.9 Å². The average Bonchev–Trinajstić information content (AvgIpc) is 2.38. The van der Waals surface area contributed by atoms with Crippen LogP contribution in [0.3, 0.4) is 0 Å². The summed E-state index contributed by atoms with van der Waals surface area (Å²) < 4.78 is 0. The van der Waals surface area contributed by atoms with Crippen LogP contribution < -0.4 is 5.32 Å². The van der Waals surface area contributed by atoms with E-state index in [1.54, 1.807) is 0 Å². The highest BCUT2D eigenvalue weighted by Crippen LogP contribution is 1.80. The molecule has 1 rings (SSSR count). The number of carboxylic acid groups (broad SMARTS) is 1. The molecule has 3 N–H and O–H groups in total. The van der Waals surface area contributed by atoms with E-state index in [0.717, 1.165) is 0 Å². The van der Waals surface area contributed by atoms with Crippen LogP contribution in [0.4, 0.5) is 0 Å². The molecule has 0 aliphatic carbocycles. The summed E-state index contributed by atoms with van der Waals surface area (Å²) in [5.41, 5.74) is 0. The van der Waals surface area contributed by atoms with Crippen LogP contribution in [0.5, 0.6) is 0 Å². The maximum absolute atomic E-state index is 9.92. The predicted octanol–water partition coefficient (Wildman–Crippen LogP) is -0.661. The number of carbonyl (C=O) groups is 1. The fourth-order valence-corrected chi connectivity index (χ4v) is 0.312. The normalized spacial score (nSPS) is 8.18. The van der Waals surface area contributed by atoms with Crippen LogP contribution in [-0.2, 0) is 0 Å². The summed E-state index contributed by atoms with van der Waals surface area (Å²) in [6, 6.07) is 0. The third kappa shape index (κ3) is 4.04. The fraction of sp³-hybridized carbons (Fsp3) is 0.400. The molecule has 0 atom stereocenters. The Labute approximate surface area is 63.7 Å². The SMILES string of the molecule is CNC.O=C(O)c1nc[nH]n1. The van der Waals surface area contributed by atoms with Gasteiger partial charge in [-0.1, -0.05) is 0 Å². The number of H-pyrrole nitrogens is 1. The van der Waals surface area contributed by atoms with E-state index in [-0.39, 0.29) is 5.82 Å². The zero-order chi connectivity index (χ0) is 8.69. The zero-order valence-electron chi connectivity index (χ0n) is 6.33. The molecule has 0 bridgehead atoms. The standard InChI is InChI=1S/C3H3N3O2.C2H7N/c7-3(8)2-4-1-5-6-2;1-3-2/h1H,(H,7,8)(H,4,5,6);3H,1-2H3. The van der Waals surface area contributed by atoms with Gasteiger partial charge >= 0.3 is 5.97 Å². The lowest BCUT2D eigenvalue weighted by atomic mass is 10.7. The third-order valence-corrected chi connectivity index (χ3v) is 0.606. The maximum atomic E-state index is 9.92. The third-order valence-electron chi connectivity index (χ3n) is 0.606. The van der Waals surface area contributed by atoms with Gasteiger partial charge in [-0.2, -0.15) is 0 Å². The minimum atomic E-state index is -1.12. The number of hydrogen-bond donors (Lipinski definition) is 3. The maximum Gasteiger partial charge on any atom is 0.375 e. The monoisotopic (exact) mass is 158 g/mol. The number of aromatic carboxylic acids is 1. The second kappa shape index (κ2) is 5.36. The van der Waals surface area contributed by atoms with Crippen LogP contribution in [0.25, 0.3) is 0 Å². The summed E-state index contributed by atoms with van der Waals surface area (Å²) in [6.07, 6.45) is 1.21. The van der Waals surface area contributed by atoms with Gasteiger partial charge in [0.15, 0.2) is 0 Å². The van der Waals surface area contributed by atoms with E-state index >= 15 is 0 Å². The first-order valence-corrected chi connectivity index (χ1v) is 2.90. The van der Waals surface area contributed by atoms with Gasteiger partial charge in [0.05, 0.1) is 0 Å². The average molecular weight is 158 g/mol. The van der Waals surface area contributed by atoms with Gasteiger partial charge in [-0.15, -0.1) is 5.10 Å². The molecular formula is C5H10N4O2. The summed E-state index contributed by atoms with van der Waals surface area (Å²) in [5.74, 6) is -1.32. The van der Waals surface area contributed by atoms with Crippen molar-refractivity contribution in [3.63, 3.8) is 0 Å². The number of aromatic nitrogens is 3. The summed E-state index contributed by atoms with van der Waals surface area (Å²) in [7, 11) is 3.75. The summed E-state index contributed by atoms with van der Waals surface area (Å²) in [6.45, 7) is 0. The lowest BCUT2D eigenvalue weighted by Gasteiger charge is -1.75. The van der Waals surface area contributed by atoms with Gasteiger partial charge in [-0.05, 0) is 14.1 Å². The number of nitrogens with zero attached hydrogens (tertiary/aromatic N) is 2. The van der Waals surface area contributed by atoms with Crippen molar-refractivity contribution >= 4 is 5.97 Å². The van der Waals surface area contributed by atoms with Crippen molar-refractivity contribution in [1.29, 1.82) is 0 Å². The number of hydrogen-bond acceptors (Lipinski definition) is 4. The van der Waals surface area contributed by atoms with Crippen LogP contribution >= 0.6 is 0 Å². The minimum absolute atomic E-state index is 0.204. The van der Waals surface area contributed by atoms with E-state index in [1.165, 1.54) is 6.33 Å². The highest BCUT2D eigenvalue weighted by atomic mass is 16.4. The lowest BCUT2D eigenvalue weighted by Crippen LogP contribution is -1.97. The Kier molecular flexibility index (Phi) is 4.67. The van der Waals surface area contributed by atoms with Crippen molar-refractivity contribution in [2.45, 2.75) is 0 Å². The molecule has 0 amide bonds. The lowest BCUT2D eigenvalue weighted by molar-refractivity contribution is 0.0684. The van der Waals surface area contributed by atoms with E-state index in [4.69, 9.17) is 5.11 Å². The number of nitrogens with one attached hydrogen (secondary N) is 2. The van der Waals surface area contributed by atoms with Crippen molar-refractivity contribution in [1.82, 2.24) is 20.5 Å². The molecule has 0 radical (unpaired) electrons. The smallest absolute Gasteiger partial charge is 0.375 e. The zero-order valence-corrected chi connectivity index (χ0v) is 6.33. The van der Waals surface area contributed by atoms with Crippen molar-refractivity contribution in [3.05, 3.63) is 12.2 Å². The van der Waals surface area contributed by atoms with Gasteiger partial charge in [-0.3, -0.25) is 5.10 Å². The molecule has 6 nitrogen and oxygen atoms in total. The molecule has 1 heterocycles. The first-order valence-electron chi connectivity index (χ1n) is 2.90. The van der Waals surface area contributed by atoms with E-state index in [1.807, 2.05) is 14.1 Å². The van der Waals surface area contributed by atoms with E-state index in [2.05, 4.69) is 20.5 Å². The Balaban J connectivity index is 0.000000292. The van der Waals surface area contributed by atoms with Crippen molar-refractivity contribution in [3.8, 4) is 0 Å². The van der Waals surface area contributed by atoms with Crippen molar-refractivity contribution in [2.75, 3.05) is 14.1 Å². The largest absolute Gasteiger partial charge is 0.475 e. The van der Waals surface area contributed by atoms with Gasteiger partial charge < -0.3 is 10.4 Å². The molecule has 0 fully saturated rings. The summed E-state index contributed by atoms with van der Waals surface area (Å²) >= 11 is 0. The summed E-state index contributed by atoms with van der Waals surface area (Å²) in [5, 5.41) is 16.4. The number of rotatable bonds is 1. The van der Waals surface area contributed by atoms with Crippen LogP contribution in [0.2, 0.25) is 0 Å². The molecule has 0 saturated heterocycles. The quantitative estimate of drug-likeness (QED) is 0.504. The number of carboxylic acids is 1. The van der Waals surface area contributed by atoms with Gasteiger partial charge in [0.2, 0.25) is 0 Å². The van der Waals surface area contributed by atoms with E-state index in [9.17, 15) is 4.79 Å². The highest BCUT2D eigenvalue weighted by Gasteiger charge is 2.03. The molecule has 1 aromatic rings. The molecule has 0 aliphatic rings. The van der Waals surface area contributed by atoms with E-state index < -0.39 is 5.97 Å². The minimum Gasteiger partial charge on any atom is -0.475 e. The Morgan fingerprint density at radius 3 is 2.45 bits per heavy atom. The van der Waals surface area contributed by atoms with Crippen LogP contribution in [0.15, 0.2) is 6.33 Å². The second-order valence-corrected chi connectivity index (χ2v) is 1.63. The molecule has 62 valence electrons. The predicted molar refractivity (Wildman–Crippen MR) is 38.3 cm³/mol. The molecule has 6 heteroatoms. The first-order chi connectivity index (χ1) is 5.22. The first kappa shape index (κ1) is 9.57. The van der Waals surface area contributed by atoms with Gasteiger partial charge in [0, 0.05) is 0 Å². The van der Waals surface area contributed by atoms with Crippen LogP contribution in [0, 0.1) is 0 Å². The molecule has 1 aromatic heterocycles. The Hall–Kier alpha value is -1.43. The van der Waals surface area contributed by atoms with Crippen molar-refractivity contribution < 1.29 is 9.90 Å². The number of aromatic amines is 1. The Morgan fingerprint density at radius 2 is 2.27 bits per heavy atom. The molecule has 0 unspecified atom stereocenters.